The average Bonchev–Trinajstić information content (AvgIpc) is 3.36. The van der Waals surface area contributed by atoms with Gasteiger partial charge in [-0.2, -0.15) is 4.31 Å². The van der Waals surface area contributed by atoms with Crippen LogP contribution < -0.4 is 0 Å². The number of sulfonamides is 1. The first-order valence-corrected chi connectivity index (χ1v) is 13.7. The second-order valence-electron chi connectivity index (χ2n) is 8.65. The summed E-state index contributed by atoms with van der Waals surface area (Å²) in [7, 11) is -3.82. The lowest BCUT2D eigenvalue weighted by Crippen LogP contribution is -2.49. The van der Waals surface area contributed by atoms with E-state index in [-0.39, 0.29) is 53.7 Å². The molecule has 37 heavy (non-hydrogen) atoms. The van der Waals surface area contributed by atoms with E-state index in [1.807, 2.05) is 13.0 Å². The molecule has 1 aromatic heterocycles. The first-order chi connectivity index (χ1) is 17.7. The van der Waals surface area contributed by atoms with Crippen LogP contribution in [0.3, 0.4) is 0 Å². The van der Waals surface area contributed by atoms with Gasteiger partial charge in [0, 0.05) is 45.2 Å². The van der Waals surface area contributed by atoms with Crippen LogP contribution in [-0.2, 0) is 21.4 Å². The molecular weight excluding hydrogens is 518 g/mol. The van der Waals surface area contributed by atoms with Crippen molar-refractivity contribution < 1.29 is 22.4 Å². The molecule has 1 saturated heterocycles. The number of benzene rings is 2. The Morgan fingerprint density at radius 3 is 2.46 bits per heavy atom. The van der Waals surface area contributed by atoms with E-state index in [0.717, 1.165) is 0 Å². The van der Waals surface area contributed by atoms with Gasteiger partial charge in [0.15, 0.2) is 0 Å². The molecule has 0 unspecified atom stereocenters. The van der Waals surface area contributed by atoms with Crippen molar-refractivity contribution in [2.75, 3.05) is 32.7 Å². The number of halogens is 1. The molecule has 0 bridgehead atoms. The van der Waals surface area contributed by atoms with Gasteiger partial charge in [0.05, 0.1) is 22.0 Å². The van der Waals surface area contributed by atoms with E-state index in [9.17, 15) is 18.0 Å². The highest BCUT2D eigenvalue weighted by molar-refractivity contribution is 7.89. The molecule has 0 atom stereocenters. The van der Waals surface area contributed by atoms with Gasteiger partial charge in [0.1, 0.15) is 0 Å². The van der Waals surface area contributed by atoms with Crippen LogP contribution in [0.25, 0.3) is 11.5 Å². The summed E-state index contributed by atoms with van der Waals surface area (Å²) in [6.07, 6.45) is 0.676. The molecule has 4 rings (SSSR count). The van der Waals surface area contributed by atoms with Gasteiger partial charge in [-0.1, -0.05) is 36.7 Å². The highest BCUT2D eigenvalue weighted by Crippen LogP contribution is 2.27. The molecule has 0 radical (unpaired) electrons. The maximum absolute atomic E-state index is 13.4. The summed E-state index contributed by atoms with van der Waals surface area (Å²) in [5.74, 6) is 0.0602. The number of nitrogens with zero attached hydrogens (tertiary/aromatic N) is 5. The highest BCUT2D eigenvalue weighted by atomic mass is 35.5. The van der Waals surface area contributed by atoms with Crippen LogP contribution >= 0.6 is 11.6 Å². The van der Waals surface area contributed by atoms with Crippen molar-refractivity contribution >= 4 is 33.4 Å². The molecule has 2 aromatic carbocycles. The monoisotopic (exact) mass is 545 g/mol. The molecule has 10 nitrogen and oxygen atoms in total. The fourth-order valence-corrected chi connectivity index (χ4v) is 5.80. The van der Waals surface area contributed by atoms with Gasteiger partial charge in [0.25, 0.3) is 5.91 Å². The van der Waals surface area contributed by atoms with Crippen LogP contribution in [0, 0.1) is 0 Å². The van der Waals surface area contributed by atoms with Crippen molar-refractivity contribution in [3.05, 3.63) is 65.0 Å². The minimum Gasteiger partial charge on any atom is -0.419 e. The predicted molar refractivity (Wildman–Crippen MR) is 137 cm³/mol. The van der Waals surface area contributed by atoms with Gasteiger partial charge >= 0.3 is 0 Å². The van der Waals surface area contributed by atoms with Crippen LogP contribution in [0.2, 0.25) is 5.02 Å². The van der Waals surface area contributed by atoms with Crippen LogP contribution in [0.1, 0.15) is 36.5 Å². The molecule has 2 heterocycles. The average molecular weight is 546 g/mol. The third-order valence-electron chi connectivity index (χ3n) is 6.08. The number of piperazine rings is 1. The summed E-state index contributed by atoms with van der Waals surface area (Å²) in [6.45, 7) is 4.94. The molecular formula is C25H28ClN5O5S. The smallest absolute Gasteiger partial charge is 0.254 e. The number of carbonyl (C=O) groups excluding carboxylic acids is 2. The van der Waals surface area contributed by atoms with E-state index >= 15 is 0 Å². The Labute approximate surface area is 220 Å². The molecule has 2 amide bonds. The quantitative estimate of drug-likeness (QED) is 0.426. The first kappa shape index (κ1) is 26.8. The maximum atomic E-state index is 13.4. The van der Waals surface area contributed by atoms with Gasteiger partial charge in [0.2, 0.25) is 27.7 Å². The van der Waals surface area contributed by atoms with Crippen molar-refractivity contribution in [3.63, 3.8) is 0 Å². The number of amides is 2. The molecule has 0 aliphatic carbocycles. The predicted octanol–water partition coefficient (Wildman–Crippen LogP) is 3.30. The lowest BCUT2D eigenvalue weighted by molar-refractivity contribution is -0.129. The second-order valence-corrected chi connectivity index (χ2v) is 11.0. The van der Waals surface area contributed by atoms with Crippen LogP contribution in [-0.4, -0.2) is 77.3 Å². The normalized spacial score (nSPS) is 14.5. The summed E-state index contributed by atoms with van der Waals surface area (Å²) in [6, 6.07) is 13.1. The van der Waals surface area contributed by atoms with Crippen molar-refractivity contribution in [1.82, 2.24) is 24.3 Å². The van der Waals surface area contributed by atoms with Crippen molar-refractivity contribution in [1.29, 1.82) is 0 Å². The van der Waals surface area contributed by atoms with E-state index in [1.54, 1.807) is 40.1 Å². The van der Waals surface area contributed by atoms with E-state index in [0.29, 0.717) is 36.6 Å². The van der Waals surface area contributed by atoms with Gasteiger partial charge in [-0.25, -0.2) is 8.42 Å². The first-order valence-electron chi connectivity index (χ1n) is 11.9. The number of aromatic nitrogens is 2. The van der Waals surface area contributed by atoms with E-state index in [4.69, 9.17) is 16.0 Å². The summed E-state index contributed by atoms with van der Waals surface area (Å²) < 4.78 is 33.6. The fraction of sp³-hybridized carbons (Fsp3) is 0.360. The van der Waals surface area contributed by atoms with Gasteiger partial charge < -0.3 is 14.2 Å². The maximum Gasteiger partial charge on any atom is 0.254 e. The number of hydrogen-bond acceptors (Lipinski definition) is 7. The Kier molecular flexibility index (Phi) is 8.25. The molecule has 12 heteroatoms. The Bertz CT molecular complexity index is 1390. The van der Waals surface area contributed by atoms with E-state index in [1.165, 1.54) is 23.4 Å². The zero-order chi connectivity index (χ0) is 26.6. The van der Waals surface area contributed by atoms with Crippen molar-refractivity contribution in [2.45, 2.75) is 31.7 Å². The summed E-state index contributed by atoms with van der Waals surface area (Å²) in [4.78, 5) is 28.2. The number of carbonyl (C=O) groups is 2. The van der Waals surface area contributed by atoms with Gasteiger partial charge in [-0.3, -0.25) is 9.59 Å². The molecule has 0 saturated carbocycles. The van der Waals surface area contributed by atoms with Crippen LogP contribution in [0.5, 0.6) is 0 Å². The van der Waals surface area contributed by atoms with Crippen molar-refractivity contribution in [3.8, 4) is 11.5 Å². The zero-order valence-corrected chi connectivity index (χ0v) is 22.2. The largest absolute Gasteiger partial charge is 0.419 e. The molecule has 1 aliphatic heterocycles. The Hall–Kier alpha value is -3.28. The topological polar surface area (TPSA) is 117 Å². The standard InChI is InChI=1S/C25H28ClN5O5S/c1-3-11-30(17-23-27-28-24(36-23)21-9-4-5-10-22(21)26)25(33)19-7-6-8-20(16-19)37(34,35)31-14-12-29(13-15-31)18(2)32/h4-10,16H,3,11-15,17H2,1-2H3. The number of rotatable bonds is 8. The summed E-state index contributed by atoms with van der Waals surface area (Å²) in [5, 5.41) is 8.60. The Morgan fingerprint density at radius 2 is 1.78 bits per heavy atom. The minimum atomic E-state index is -3.82. The molecule has 3 aromatic rings. The van der Waals surface area contributed by atoms with Gasteiger partial charge in [-0.15, -0.1) is 10.2 Å². The lowest BCUT2D eigenvalue weighted by atomic mass is 10.2. The van der Waals surface area contributed by atoms with Crippen LogP contribution in [0.4, 0.5) is 0 Å². The number of hydrogen-bond donors (Lipinski definition) is 0. The van der Waals surface area contributed by atoms with E-state index < -0.39 is 10.0 Å². The summed E-state index contributed by atoms with van der Waals surface area (Å²) in [5.41, 5.74) is 0.834. The molecule has 0 spiro atoms. The minimum absolute atomic E-state index is 0.0323. The third-order valence-corrected chi connectivity index (χ3v) is 8.30. The third kappa shape index (κ3) is 6.00. The molecule has 1 aliphatic rings. The molecule has 0 N–H and O–H groups in total. The van der Waals surface area contributed by atoms with Crippen LogP contribution in [0.15, 0.2) is 57.8 Å². The highest BCUT2D eigenvalue weighted by Gasteiger charge is 2.30. The SMILES string of the molecule is CCCN(Cc1nnc(-c2ccccc2Cl)o1)C(=O)c1cccc(S(=O)(=O)N2CCN(C(C)=O)CC2)c1. The molecule has 1 fully saturated rings. The van der Waals surface area contributed by atoms with E-state index in [2.05, 4.69) is 10.2 Å². The zero-order valence-electron chi connectivity index (χ0n) is 20.6. The van der Waals surface area contributed by atoms with Crippen molar-refractivity contribution in [2.24, 2.45) is 0 Å². The fourth-order valence-electron chi connectivity index (χ4n) is 4.11. The summed E-state index contributed by atoms with van der Waals surface area (Å²) >= 11 is 6.22. The second kappa shape index (κ2) is 11.4. The Balaban J connectivity index is 1.52. The van der Waals surface area contributed by atoms with Gasteiger partial charge in [-0.05, 0) is 36.8 Å². The molecule has 196 valence electrons. The Morgan fingerprint density at radius 1 is 1.05 bits per heavy atom. The lowest BCUT2D eigenvalue weighted by Gasteiger charge is -2.33.